The Labute approximate surface area is 130 Å². The minimum atomic E-state index is -0.638. The third-order valence-electron chi connectivity index (χ3n) is 2.90. The maximum Gasteiger partial charge on any atom is 0.337 e. The van der Waals surface area contributed by atoms with Crippen LogP contribution in [-0.4, -0.2) is 19.0 Å². The highest BCUT2D eigenvalue weighted by atomic mass is 35.5. The average Bonchev–Trinajstić information content (AvgIpc) is 2.50. The molecule has 2 aromatic carbocycles. The summed E-state index contributed by atoms with van der Waals surface area (Å²) >= 11 is 5.97. The SMILES string of the molecule is COC(=O)c1ccc(Cl)c(NC(=O)c2cc(F)ccc2N)c1. The number of anilines is 2. The van der Waals surface area contributed by atoms with Crippen molar-refractivity contribution < 1.29 is 18.7 Å². The molecule has 0 fully saturated rings. The van der Waals surface area contributed by atoms with Crippen LogP contribution in [0.4, 0.5) is 15.8 Å². The van der Waals surface area contributed by atoms with Crippen LogP contribution in [0.2, 0.25) is 5.02 Å². The van der Waals surface area contributed by atoms with Crippen LogP contribution in [0, 0.1) is 5.82 Å². The minimum absolute atomic E-state index is 0.0282. The number of esters is 1. The molecule has 0 heterocycles. The minimum Gasteiger partial charge on any atom is -0.465 e. The van der Waals surface area contributed by atoms with Crippen molar-refractivity contribution in [2.75, 3.05) is 18.2 Å². The molecule has 0 saturated heterocycles. The Bertz CT molecular complexity index is 750. The Balaban J connectivity index is 2.32. The molecule has 0 bridgehead atoms. The van der Waals surface area contributed by atoms with E-state index in [1.54, 1.807) is 0 Å². The number of nitrogen functional groups attached to an aromatic ring is 1. The topological polar surface area (TPSA) is 81.4 Å². The van der Waals surface area contributed by atoms with Gasteiger partial charge in [0.1, 0.15) is 5.82 Å². The van der Waals surface area contributed by atoms with E-state index in [4.69, 9.17) is 17.3 Å². The molecule has 0 unspecified atom stereocenters. The molecule has 1 amide bonds. The number of rotatable bonds is 3. The average molecular weight is 323 g/mol. The molecular weight excluding hydrogens is 311 g/mol. The van der Waals surface area contributed by atoms with E-state index >= 15 is 0 Å². The predicted octanol–water partition coefficient (Wildman–Crippen LogP) is 3.10. The van der Waals surface area contributed by atoms with Gasteiger partial charge in [-0.25, -0.2) is 9.18 Å². The number of hydrogen-bond acceptors (Lipinski definition) is 4. The van der Waals surface area contributed by atoms with Crippen LogP contribution < -0.4 is 11.1 Å². The van der Waals surface area contributed by atoms with Crippen molar-refractivity contribution in [2.24, 2.45) is 0 Å². The summed E-state index contributed by atoms with van der Waals surface area (Å²) in [5.74, 6) is -1.80. The highest BCUT2D eigenvalue weighted by molar-refractivity contribution is 6.34. The molecule has 3 N–H and O–H groups in total. The van der Waals surface area contributed by atoms with Gasteiger partial charge in [-0.2, -0.15) is 0 Å². The van der Waals surface area contributed by atoms with E-state index in [9.17, 15) is 14.0 Å². The number of benzene rings is 2. The third-order valence-corrected chi connectivity index (χ3v) is 3.23. The maximum absolute atomic E-state index is 13.2. The smallest absolute Gasteiger partial charge is 0.337 e. The summed E-state index contributed by atoms with van der Waals surface area (Å²) in [6.07, 6.45) is 0. The van der Waals surface area contributed by atoms with Crippen molar-refractivity contribution in [3.05, 3.63) is 58.4 Å². The molecule has 0 aromatic heterocycles. The number of nitrogens with one attached hydrogen (secondary N) is 1. The lowest BCUT2D eigenvalue weighted by molar-refractivity contribution is 0.0600. The standard InChI is InChI=1S/C15H12ClFN2O3/c1-22-15(21)8-2-4-11(16)13(6-8)19-14(20)10-7-9(17)3-5-12(10)18/h2-7H,18H2,1H3,(H,19,20). The van der Waals surface area contributed by atoms with Crippen molar-refractivity contribution in [1.29, 1.82) is 0 Å². The van der Waals surface area contributed by atoms with Crippen molar-refractivity contribution >= 4 is 34.9 Å². The van der Waals surface area contributed by atoms with Gasteiger partial charge in [-0.1, -0.05) is 11.6 Å². The summed E-state index contributed by atoms with van der Waals surface area (Å²) in [4.78, 5) is 23.6. The van der Waals surface area contributed by atoms with Crippen LogP contribution in [0.1, 0.15) is 20.7 Å². The Kier molecular flexibility index (Phi) is 4.62. The largest absolute Gasteiger partial charge is 0.465 e. The van der Waals surface area contributed by atoms with Gasteiger partial charge < -0.3 is 15.8 Å². The number of carbonyl (C=O) groups excluding carboxylic acids is 2. The van der Waals surface area contributed by atoms with Gasteiger partial charge in [-0.15, -0.1) is 0 Å². The zero-order chi connectivity index (χ0) is 16.3. The molecule has 0 spiro atoms. The molecule has 2 rings (SSSR count). The van der Waals surface area contributed by atoms with Gasteiger partial charge in [0.2, 0.25) is 0 Å². The molecule has 0 aliphatic rings. The highest BCUT2D eigenvalue weighted by Gasteiger charge is 2.15. The first-order chi connectivity index (χ1) is 10.4. The number of halogens is 2. The molecule has 22 heavy (non-hydrogen) atoms. The molecule has 0 aliphatic carbocycles. The fraction of sp³-hybridized carbons (Fsp3) is 0.0667. The van der Waals surface area contributed by atoms with E-state index in [0.717, 1.165) is 12.1 Å². The van der Waals surface area contributed by atoms with Gasteiger partial charge in [0, 0.05) is 5.69 Å². The Morgan fingerprint density at radius 3 is 2.64 bits per heavy atom. The first kappa shape index (κ1) is 15.8. The number of carbonyl (C=O) groups is 2. The monoisotopic (exact) mass is 322 g/mol. The first-order valence-electron chi connectivity index (χ1n) is 6.16. The molecule has 0 atom stereocenters. The number of amides is 1. The summed E-state index contributed by atoms with van der Waals surface area (Å²) in [6, 6.07) is 7.72. The summed E-state index contributed by atoms with van der Waals surface area (Å²) in [5, 5.41) is 2.71. The van der Waals surface area contributed by atoms with Crippen LogP contribution in [0.3, 0.4) is 0 Å². The molecule has 7 heteroatoms. The van der Waals surface area contributed by atoms with Gasteiger partial charge >= 0.3 is 5.97 Å². The zero-order valence-electron chi connectivity index (χ0n) is 11.5. The summed E-state index contributed by atoms with van der Waals surface area (Å²) in [7, 11) is 1.24. The third kappa shape index (κ3) is 3.35. The lowest BCUT2D eigenvalue weighted by Crippen LogP contribution is -2.15. The van der Waals surface area contributed by atoms with Crippen LogP contribution in [0.15, 0.2) is 36.4 Å². The Morgan fingerprint density at radius 1 is 1.23 bits per heavy atom. The zero-order valence-corrected chi connectivity index (χ0v) is 12.3. The number of hydrogen-bond donors (Lipinski definition) is 2. The number of ether oxygens (including phenoxy) is 1. The first-order valence-corrected chi connectivity index (χ1v) is 6.54. The van der Waals surface area contributed by atoms with Crippen LogP contribution in [-0.2, 0) is 4.74 Å². The van der Waals surface area contributed by atoms with Crippen molar-refractivity contribution in [3.63, 3.8) is 0 Å². The van der Waals surface area contributed by atoms with Crippen molar-refractivity contribution in [1.82, 2.24) is 0 Å². The van der Waals surface area contributed by atoms with Gasteiger partial charge in [0.05, 0.1) is 28.9 Å². The molecule has 114 valence electrons. The number of nitrogens with two attached hydrogens (primary N) is 1. The summed E-state index contributed by atoms with van der Waals surface area (Å²) in [5.41, 5.74) is 6.15. The van der Waals surface area contributed by atoms with Crippen LogP contribution >= 0.6 is 11.6 Å². The second-order valence-corrected chi connectivity index (χ2v) is 4.78. The Hall–Kier alpha value is -2.60. The summed E-state index contributed by atoms with van der Waals surface area (Å²) in [6.45, 7) is 0. The predicted molar refractivity (Wildman–Crippen MR) is 81.6 cm³/mol. The van der Waals surface area contributed by atoms with E-state index in [-0.39, 0.29) is 27.5 Å². The highest BCUT2D eigenvalue weighted by Crippen LogP contribution is 2.25. The fourth-order valence-corrected chi connectivity index (χ4v) is 1.95. The normalized spacial score (nSPS) is 10.1. The lowest BCUT2D eigenvalue weighted by Gasteiger charge is -2.10. The Morgan fingerprint density at radius 2 is 1.95 bits per heavy atom. The molecule has 0 saturated carbocycles. The van der Waals surface area contributed by atoms with E-state index < -0.39 is 17.7 Å². The molecule has 5 nitrogen and oxygen atoms in total. The lowest BCUT2D eigenvalue weighted by atomic mass is 10.1. The fourth-order valence-electron chi connectivity index (χ4n) is 1.78. The maximum atomic E-state index is 13.2. The van der Waals surface area contributed by atoms with Gasteiger partial charge in [0.25, 0.3) is 5.91 Å². The van der Waals surface area contributed by atoms with Crippen molar-refractivity contribution in [2.45, 2.75) is 0 Å². The van der Waals surface area contributed by atoms with Gasteiger partial charge in [-0.05, 0) is 36.4 Å². The van der Waals surface area contributed by atoms with Crippen molar-refractivity contribution in [3.8, 4) is 0 Å². The summed E-state index contributed by atoms with van der Waals surface area (Å²) < 4.78 is 17.8. The second kappa shape index (κ2) is 6.44. The molecule has 0 radical (unpaired) electrons. The van der Waals surface area contributed by atoms with Gasteiger partial charge in [0.15, 0.2) is 0 Å². The van der Waals surface area contributed by atoms with Crippen LogP contribution in [0.5, 0.6) is 0 Å². The van der Waals surface area contributed by atoms with E-state index in [1.807, 2.05) is 0 Å². The number of methoxy groups -OCH3 is 1. The molecular formula is C15H12ClFN2O3. The van der Waals surface area contributed by atoms with Gasteiger partial charge in [-0.3, -0.25) is 4.79 Å². The van der Waals surface area contributed by atoms with E-state index in [2.05, 4.69) is 10.1 Å². The molecule has 2 aromatic rings. The van der Waals surface area contributed by atoms with E-state index in [0.29, 0.717) is 0 Å². The van der Waals surface area contributed by atoms with E-state index in [1.165, 1.54) is 31.4 Å². The second-order valence-electron chi connectivity index (χ2n) is 4.37. The quantitative estimate of drug-likeness (QED) is 0.672. The molecule has 0 aliphatic heterocycles. The van der Waals surface area contributed by atoms with Crippen LogP contribution in [0.25, 0.3) is 0 Å².